The maximum absolute atomic E-state index is 12.4. The molecule has 0 spiro atoms. The average molecular weight is 375 g/mol. The van der Waals surface area contributed by atoms with E-state index < -0.39 is 5.91 Å². The van der Waals surface area contributed by atoms with Gasteiger partial charge in [0.25, 0.3) is 11.8 Å². The van der Waals surface area contributed by atoms with E-state index in [1.54, 1.807) is 36.4 Å². The lowest BCUT2D eigenvalue weighted by molar-refractivity contribution is 0.0998. The van der Waals surface area contributed by atoms with Gasteiger partial charge in [-0.25, -0.2) is 0 Å². The predicted octanol–water partition coefficient (Wildman–Crippen LogP) is 3.03. The molecule has 1 aliphatic rings. The van der Waals surface area contributed by atoms with Gasteiger partial charge < -0.3 is 21.7 Å². The van der Waals surface area contributed by atoms with Crippen molar-refractivity contribution >= 4 is 41.3 Å². The second-order valence-electron chi connectivity index (χ2n) is 6.22. The molecule has 2 amide bonds. The molecule has 1 fully saturated rings. The molecule has 0 aromatic heterocycles. The Labute approximate surface area is 159 Å². The Balaban J connectivity index is 0.00000243. The van der Waals surface area contributed by atoms with Crippen LogP contribution in [0.4, 0.5) is 17.1 Å². The normalized spacial score (nSPS) is 13.6. The van der Waals surface area contributed by atoms with E-state index in [-0.39, 0.29) is 18.3 Å². The van der Waals surface area contributed by atoms with Crippen LogP contribution < -0.4 is 21.7 Å². The Kier molecular flexibility index (Phi) is 6.46. The van der Waals surface area contributed by atoms with Gasteiger partial charge in [0.15, 0.2) is 0 Å². The Bertz CT molecular complexity index is 804. The van der Waals surface area contributed by atoms with Crippen LogP contribution in [-0.2, 0) is 0 Å². The summed E-state index contributed by atoms with van der Waals surface area (Å²) in [5.41, 5.74) is 14.1. The topological polar surface area (TPSA) is 101 Å². The number of primary amides is 1. The number of nitrogen functional groups attached to an aromatic ring is 1. The van der Waals surface area contributed by atoms with Gasteiger partial charge in [0, 0.05) is 30.0 Å². The lowest BCUT2D eigenvalue weighted by atomic mass is 10.1. The van der Waals surface area contributed by atoms with Crippen LogP contribution in [0.5, 0.6) is 0 Å². The number of amides is 2. The maximum Gasteiger partial charge on any atom is 0.255 e. The summed E-state index contributed by atoms with van der Waals surface area (Å²) in [5.74, 6) is -0.710. The molecule has 1 aliphatic heterocycles. The molecule has 3 rings (SSSR count). The summed E-state index contributed by atoms with van der Waals surface area (Å²) in [4.78, 5) is 26.3. The van der Waals surface area contributed by atoms with E-state index >= 15 is 0 Å². The fourth-order valence-electron chi connectivity index (χ4n) is 3.10. The lowest BCUT2D eigenvalue weighted by Gasteiger charge is -2.30. The monoisotopic (exact) mass is 374 g/mol. The molecule has 0 radical (unpaired) electrons. The maximum atomic E-state index is 12.4. The standard InChI is InChI=1S/C19H22N4O2.ClH/c20-14-6-4-5-13(11-14)19(25)22-15-7-8-16(18(21)24)17(12-15)23-9-2-1-3-10-23;/h4-8,11-12H,1-3,9-10,20H2,(H2,21,24)(H,22,25);1H. The number of piperidine rings is 1. The SMILES string of the molecule is Cl.NC(=O)c1ccc(NC(=O)c2cccc(N)c2)cc1N1CCCCC1. The van der Waals surface area contributed by atoms with Crippen molar-refractivity contribution in [3.63, 3.8) is 0 Å². The molecule has 6 nitrogen and oxygen atoms in total. The first-order valence-corrected chi connectivity index (χ1v) is 8.40. The first-order valence-electron chi connectivity index (χ1n) is 8.40. The van der Waals surface area contributed by atoms with Crippen molar-refractivity contribution in [3.05, 3.63) is 53.6 Å². The number of hydrogen-bond acceptors (Lipinski definition) is 4. The molecule has 7 heteroatoms. The molecule has 2 aromatic carbocycles. The summed E-state index contributed by atoms with van der Waals surface area (Å²) < 4.78 is 0. The summed E-state index contributed by atoms with van der Waals surface area (Å²) in [6.45, 7) is 1.76. The van der Waals surface area contributed by atoms with Crippen LogP contribution in [-0.4, -0.2) is 24.9 Å². The number of benzene rings is 2. The van der Waals surface area contributed by atoms with Gasteiger partial charge in [0.2, 0.25) is 0 Å². The largest absolute Gasteiger partial charge is 0.399 e. The van der Waals surface area contributed by atoms with Crippen molar-refractivity contribution in [2.24, 2.45) is 5.73 Å². The molecule has 1 saturated heterocycles. The predicted molar refractivity (Wildman–Crippen MR) is 107 cm³/mol. The van der Waals surface area contributed by atoms with Crippen LogP contribution in [0.1, 0.15) is 40.0 Å². The molecule has 26 heavy (non-hydrogen) atoms. The highest BCUT2D eigenvalue weighted by molar-refractivity contribution is 6.06. The number of hydrogen-bond donors (Lipinski definition) is 3. The number of nitrogens with zero attached hydrogens (tertiary/aromatic N) is 1. The Morgan fingerprint density at radius 2 is 1.73 bits per heavy atom. The average Bonchev–Trinajstić information content (AvgIpc) is 2.62. The van der Waals surface area contributed by atoms with E-state index in [2.05, 4.69) is 10.2 Å². The van der Waals surface area contributed by atoms with E-state index in [0.717, 1.165) is 31.6 Å². The molecule has 5 N–H and O–H groups in total. The van der Waals surface area contributed by atoms with Crippen molar-refractivity contribution in [3.8, 4) is 0 Å². The quantitative estimate of drug-likeness (QED) is 0.716. The minimum Gasteiger partial charge on any atom is -0.399 e. The van der Waals surface area contributed by atoms with Gasteiger partial charge in [-0.05, 0) is 55.7 Å². The third-order valence-corrected chi connectivity index (χ3v) is 4.37. The Hall–Kier alpha value is -2.73. The zero-order chi connectivity index (χ0) is 17.8. The van der Waals surface area contributed by atoms with Crippen molar-refractivity contribution in [2.75, 3.05) is 29.0 Å². The molecular formula is C19H23ClN4O2. The fourth-order valence-corrected chi connectivity index (χ4v) is 3.10. The summed E-state index contributed by atoms with van der Waals surface area (Å²) >= 11 is 0. The minimum atomic E-state index is -0.464. The molecule has 0 aliphatic carbocycles. The van der Waals surface area contributed by atoms with Crippen LogP contribution in [0.25, 0.3) is 0 Å². The highest BCUT2D eigenvalue weighted by Gasteiger charge is 2.18. The van der Waals surface area contributed by atoms with E-state index in [1.807, 2.05) is 6.07 Å². The smallest absolute Gasteiger partial charge is 0.255 e. The second-order valence-corrected chi connectivity index (χ2v) is 6.22. The molecule has 0 bridgehead atoms. The van der Waals surface area contributed by atoms with Gasteiger partial charge in [-0.15, -0.1) is 12.4 Å². The third-order valence-electron chi connectivity index (χ3n) is 4.37. The molecule has 138 valence electrons. The van der Waals surface area contributed by atoms with Crippen molar-refractivity contribution in [1.82, 2.24) is 0 Å². The van der Waals surface area contributed by atoms with Gasteiger partial charge in [0.1, 0.15) is 0 Å². The number of anilines is 3. The summed E-state index contributed by atoms with van der Waals surface area (Å²) in [7, 11) is 0. The zero-order valence-corrected chi connectivity index (χ0v) is 15.2. The highest BCUT2D eigenvalue weighted by Crippen LogP contribution is 2.28. The number of nitrogens with one attached hydrogen (secondary N) is 1. The third kappa shape index (κ3) is 4.46. The minimum absolute atomic E-state index is 0. The number of carbonyl (C=O) groups is 2. The molecule has 0 unspecified atom stereocenters. The van der Waals surface area contributed by atoms with Gasteiger partial charge in [-0.3, -0.25) is 9.59 Å². The number of carbonyl (C=O) groups excluding carboxylic acids is 2. The first-order chi connectivity index (χ1) is 12.0. The van der Waals surface area contributed by atoms with E-state index in [4.69, 9.17) is 11.5 Å². The zero-order valence-electron chi connectivity index (χ0n) is 14.4. The molecule has 2 aromatic rings. The fraction of sp³-hybridized carbons (Fsp3) is 0.263. The van der Waals surface area contributed by atoms with Crippen LogP contribution in [0, 0.1) is 0 Å². The lowest BCUT2D eigenvalue weighted by Crippen LogP contribution is -2.31. The Morgan fingerprint density at radius 1 is 1.00 bits per heavy atom. The van der Waals surface area contributed by atoms with Crippen molar-refractivity contribution in [1.29, 1.82) is 0 Å². The van der Waals surface area contributed by atoms with Crippen LogP contribution >= 0.6 is 12.4 Å². The van der Waals surface area contributed by atoms with Gasteiger partial charge in [0.05, 0.1) is 11.3 Å². The highest BCUT2D eigenvalue weighted by atomic mass is 35.5. The molecule has 1 heterocycles. The summed E-state index contributed by atoms with van der Waals surface area (Å²) in [6, 6.07) is 12.0. The van der Waals surface area contributed by atoms with Gasteiger partial charge in [-0.2, -0.15) is 0 Å². The van der Waals surface area contributed by atoms with Crippen LogP contribution in [0.15, 0.2) is 42.5 Å². The Morgan fingerprint density at radius 3 is 2.38 bits per heavy atom. The summed E-state index contributed by atoms with van der Waals surface area (Å²) in [6.07, 6.45) is 3.35. The van der Waals surface area contributed by atoms with Gasteiger partial charge in [-0.1, -0.05) is 6.07 Å². The summed E-state index contributed by atoms with van der Waals surface area (Å²) in [5, 5.41) is 2.86. The molecular weight excluding hydrogens is 352 g/mol. The van der Waals surface area contributed by atoms with E-state index in [1.165, 1.54) is 6.42 Å². The number of nitrogens with two attached hydrogens (primary N) is 2. The van der Waals surface area contributed by atoms with Crippen LogP contribution in [0.3, 0.4) is 0 Å². The van der Waals surface area contributed by atoms with Crippen molar-refractivity contribution < 1.29 is 9.59 Å². The number of rotatable bonds is 4. The van der Waals surface area contributed by atoms with Crippen molar-refractivity contribution in [2.45, 2.75) is 19.3 Å². The van der Waals surface area contributed by atoms with E-state index in [0.29, 0.717) is 22.5 Å². The molecule has 0 saturated carbocycles. The molecule has 0 atom stereocenters. The first kappa shape index (κ1) is 19.6. The van der Waals surface area contributed by atoms with E-state index in [9.17, 15) is 9.59 Å². The van der Waals surface area contributed by atoms with Crippen LogP contribution in [0.2, 0.25) is 0 Å². The number of halogens is 1. The second kappa shape index (κ2) is 8.58. The van der Waals surface area contributed by atoms with Gasteiger partial charge >= 0.3 is 0 Å².